The second-order valence-corrected chi connectivity index (χ2v) is 13.9. The summed E-state index contributed by atoms with van der Waals surface area (Å²) in [5.74, 6) is -4.00. The maximum Gasteiger partial charge on any atom is 0.348 e. The van der Waals surface area contributed by atoms with Crippen molar-refractivity contribution >= 4 is 44.2 Å². The molecule has 6 rings (SSSR count). The Morgan fingerprint density at radius 2 is 1.40 bits per heavy atom. The Morgan fingerprint density at radius 3 is 2.05 bits per heavy atom. The summed E-state index contributed by atoms with van der Waals surface area (Å²) in [4.78, 5) is 58.7. The zero-order valence-electron chi connectivity index (χ0n) is 22.6. The lowest BCUT2D eigenvalue weighted by Gasteiger charge is -2.67. The van der Waals surface area contributed by atoms with E-state index in [2.05, 4.69) is 15.2 Å². The molecule has 1 fully saturated rings. The Morgan fingerprint density at radius 1 is 0.786 bits per heavy atom. The van der Waals surface area contributed by atoms with Crippen LogP contribution in [0.3, 0.4) is 0 Å². The lowest BCUT2D eigenvalue weighted by molar-refractivity contribution is -0.142. The Balaban J connectivity index is 1.35. The van der Waals surface area contributed by atoms with Crippen LogP contribution >= 0.6 is 9.42 Å². The van der Waals surface area contributed by atoms with Crippen LogP contribution in [0.1, 0.15) is 24.8 Å². The van der Waals surface area contributed by atoms with Crippen molar-refractivity contribution in [3.05, 3.63) is 78.4 Å². The standard InChI is InChI=1S/C29H29N3O9S/c33-25-11-12-26(34)39-42(38-25,40-27(35)13-14-28(36)41-42)24-10-3-2-9-23(24)31-29(42)30-15-18-37-22-8-6-7-21(19-22)20-32-16-4-1-5-17-32/h2-3,6-14,19H,1,4-5,15-18,20H2,(H,30,31). The number of ether oxygens (including phenoxy) is 1. The normalized spacial score (nSPS) is 24.4. The van der Waals surface area contributed by atoms with E-state index < -0.39 is 38.5 Å². The molecule has 0 radical (unpaired) electrons. The van der Waals surface area contributed by atoms with Crippen molar-refractivity contribution in [2.75, 3.05) is 31.6 Å². The number of nitrogens with zero attached hydrogens (tertiary/aromatic N) is 2. The molecule has 2 aromatic rings. The van der Waals surface area contributed by atoms with Gasteiger partial charge in [-0.25, -0.2) is 19.2 Å². The fraction of sp³-hybridized carbons (Fsp3) is 0.276. The first-order chi connectivity index (χ1) is 20.3. The number of hydrogen-bond acceptors (Lipinski definition) is 11. The number of fused-ring (bicyclic) bond motifs is 1. The molecule has 0 unspecified atom stereocenters. The number of para-hydroxylation sites is 1. The Hall–Kier alpha value is -4.62. The molecule has 13 heteroatoms. The van der Waals surface area contributed by atoms with E-state index in [-0.39, 0.29) is 23.7 Å². The highest BCUT2D eigenvalue weighted by atomic mass is 32.4. The molecule has 2 aromatic carbocycles. The number of amidine groups is 1. The van der Waals surface area contributed by atoms with Crippen molar-refractivity contribution < 1.29 is 40.6 Å². The second kappa shape index (κ2) is 10.0. The highest BCUT2D eigenvalue weighted by Crippen LogP contribution is 3.00. The largest absolute Gasteiger partial charge is 0.492 e. The van der Waals surface area contributed by atoms with Crippen molar-refractivity contribution in [3.63, 3.8) is 0 Å². The van der Waals surface area contributed by atoms with E-state index in [0.29, 0.717) is 5.75 Å². The molecule has 0 amide bonds. The predicted molar refractivity (Wildman–Crippen MR) is 152 cm³/mol. The molecule has 1 saturated heterocycles. The van der Waals surface area contributed by atoms with E-state index >= 15 is 0 Å². The predicted octanol–water partition coefficient (Wildman–Crippen LogP) is 3.74. The molecule has 0 atom stereocenters. The summed E-state index contributed by atoms with van der Waals surface area (Å²) in [6, 6.07) is 13.8. The van der Waals surface area contributed by atoms with Gasteiger partial charge in [0.1, 0.15) is 17.3 Å². The first kappa shape index (κ1) is 27.5. The monoisotopic (exact) mass is 595 g/mol. The van der Waals surface area contributed by atoms with E-state index in [1.54, 1.807) is 12.1 Å². The van der Waals surface area contributed by atoms with Gasteiger partial charge in [-0.3, -0.25) is 9.89 Å². The van der Waals surface area contributed by atoms with Crippen LogP contribution in [0, 0.1) is 0 Å². The molecule has 1 N–H and O–H groups in total. The van der Waals surface area contributed by atoms with Gasteiger partial charge in [0.05, 0.1) is 12.2 Å². The quantitative estimate of drug-likeness (QED) is 0.488. The number of anilines is 1. The van der Waals surface area contributed by atoms with Crippen molar-refractivity contribution in [2.24, 2.45) is 4.99 Å². The summed E-state index contributed by atoms with van der Waals surface area (Å²) in [6.07, 6.45) is 6.79. The zero-order valence-corrected chi connectivity index (χ0v) is 23.4. The fourth-order valence-corrected chi connectivity index (χ4v) is 9.85. The second-order valence-electron chi connectivity index (χ2n) is 10.1. The van der Waals surface area contributed by atoms with Gasteiger partial charge < -0.3 is 26.8 Å². The molecule has 220 valence electrons. The average Bonchev–Trinajstić information content (AvgIpc) is 3.03. The van der Waals surface area contributed by atoms with E-state index in [9.17, 15) is 19.2 Å². The van der Waals surface area contributed by atoms with Crippen LogP contribution in [0.5, 0.6) is 5.75 Å². The highest BCUT2D eigenvalue weighted by Gasteiger charge is 2.83. The minimum absolute atomic E-state index is 0.0306. The molecule has 0 aliphatic carbocycles. The van der Waals surface area contributed by atoms with Gasteiger partial charge in [0, 0.05) is 30.8 Å². The summed E-state index contributed by atoms with van der Waals surface area (Å²) in [7, 11) is -6.52. The lowest BCUT2D eigenvalue weighted by Crippen LogP contribution is -2.53. The van der Waals surface area contributed by atoms with Gasteiger partial charge in [0.25, 0.3) is 5.17 Å². The number of piperidine rings is 1. The summed E-state index contributed by atoms with van der Waals surface area (Å²) >= 11 is 0. The molecule has 0 bridgehead atoms. The molecular weight excluding hydrogens is 566 g/mol. The number of likely N-dealkylation sites (tertiary alicyclic amines) is 1. The molecule has 4 aliphatic heterocycles. The molecule has 42 heavy (non-hydrogen) atoms. The van der Waals surface area contributed by atoms with E-state index in [1.807, 2.05) is 24.3 Å². The van der Waals surface area contributed by atoms with Gasteiger partial charge in [-0.05, 0) is 55.8 Å². The van der Waals surface area contributed by atoms with Crippen LogP contribution in [0.25, 0.3) is 0 Å². The van der Waals surface area contributed by atoms with Crippen molar-refractivity contribution in [1.82, 2.24) is 4.90 Å². The number of nitrogens with one attached hydrogen (secondary N) is 1. The minimum atomic E-state index is -6.52. The van der Waals surface area contributed by atoms with Crippen molar-refractivity contribution in [2.45, 2.75) is 30.7 Å². The lowest BCUT2D eigenvalue weighted by atomic mass is 10.1. The molecule has 4 aliphatic rings. The summed E-state index contributed by atoms with van der Waals surface area (Å²) < 4.78 is 29.1. The molecule has 0 saturated carbocycles. The Kier molecular flexibility index (Phi) is 6.58. The number of carbonyl (C=O) groups is 4. The maximum absolute atomic E-state index is 13.0. The van der Waals surface area contributed by atoms with Crippen molar-refractivity contribution in [3.8, 4) is 5.75 Å². The van der Waals surface area contributed by atoms with Crippen LogP contribution in [0.15, 0.2) is 82.7 Å². The summed E-state index contributed by atoms with van der Waals surface area (Å²) in [5.41, 5.74) is 1.31. The van der Waals surface area contributed by atoms with Gasteiger partial charge in [-0.15, -0.1) is 0 Å². The van der Waals surface area contributed by atoms with Gasteiger partial charge in [-0.2, -0.15) is 0 Å². The van der Waals surface area contributed by atoms with Crippen LogP contribution in [0.2, 0.25) is 0 Å². The van der Waals surface area contributed by atoms with Gasteiger partial charge in [-0.1, -0.05) is 30.7 Å². The molecule has 1 spiro atoms. The first-order valence-corrected chi connectivity index (χ1v) is 15.7. The van der Waals surface area contributed by atoms with E-state index in [4.69, 9.17) is 21.5 Å². The molecule has 4 heterocycles. The smallest absolute Gasteiger partial charge is 0.348 e. The van der Waals surface area contributed by atoms with Crippen molar-refractivity contribution in [1.29, 1.82) is 0 Å². The number of hydrogen-bond donors (Lipinski definition) is 1. The van der Waals surface area contributed by atoms with Crippen LogP contribution in [0.4, 0.5) is 5.69 Å². The van der Waals surface area contributed by atoms with Gasteiger partial charge in [0.15, 0.2) is 0 Å². The Labute approximate surface area is 241 Å². The Bertz CT molecular complexity index is 1490. The third-order valence-corrected chi connectivity index (χ3v) is 11.7. The van der Waals surface area contributed by atoms with Crippen LogP contribution < -0.4 is 10.1 Å². The number of rotatable bonds is 6. The number of benzene rings is 2. The van der Waals surface area contributed by atoms with Gasteiger partial charge >= 0.3 is 23.9 Å². The topological polar surface area (TPSA) is 142 Å². The molecular formula is C29H29N3O9S. The number of carbonyl (C=O) groups excluding carboxylic acids is 4. The zero-order chi connectivity index (χ0) is 29.3. The van der Waals surface area contributed by atoms with Gasteiger partial charge in [0.2, 0.25) is 9.42 Å². The highest BCUT2D eigenvalue weighted by molar-refractivity contribution is 8.62. The van der Waals surface area contributed by atoms with Crippen LogP contribution in [-0.2, 0) is 42.5 Å². The third kappa shape index (κ3) is 4.41. The first-order valence-electron chi connectivity index (χ1n) is 13.5. The SMILES string of the molecule is O=C1C=CC(=O)OS23(O1)(OC(=O)C=CC(=O)O2)C(=NCCOc1cccc(CN2CCCCC2)c1)Nc1ccccc13. The summed E-state index contributed by atoms with van der Waals surface area (Å²) in [6.45, 7) is 2.89. The summed E-state index contributed by atoms with van der Waals surface area (Å²) in [5, 5.41) is 2.45. The minimum Gasteiger partial charge on any atom is -0.492 e. The average molecular weight is 596 g/mol. The fourth-order valence-electron chi connectivity index (χ4n) is 5.43. The van der Waals surface area contributed by atoms with E-state index in [0.717, 1.165) is 49.5 Å². The maximum atomic E-state index is 13.0. The molecule has 12 nitrogen and oxygen atoms in total. The third-order valence-electron chi connectivity index (χ3n) is 7.16. The van der Waals surface area contributed by atoms with E-state index in [1.165, 1.54) is 31.4 Å². The van der Waals surface area contributed by atoms with Crippen LogP contribution in [-0.4, -0.2) is 60.2 Å². The molecule has 0 aromatic heterocycles. The number of aliphatic imine (C=N–C) groups is 1.